The summed E-state index contributed by atoms with van der Waals surface area (Å²) in [4.78, 5) is 4.15. The van der Waals surface area contributed by atoms with Crippen LogP contribution in [0.15, 0.2) is 28.9 Å². The van der Waals surface area contributed by atoms with Crippen LogP contribution in [-0.4, -0.2) is 4.98 Å². The molecule has 1 heterocycles. The number of hydrogen-bond acceptors (Lipinski definition) is 3. The maximum absolute atomic E-state index is 6.07. The van der Waals surface area contributed by atoms with Crippen molar-refractivity contribution in [3.05, 3.63) is 43.2 Å². The summed E-state index contributed by atoms with van der Waals surface area (Å²) in [6, 6.07) is 5.70. The third-order valence-electron chi connectivity index (χ3n) is 1.89. The number of halogens is 3. The minimum absolute atomic E-state index is 0.624. The summed E-state index contributed by atoms with van der Waals surface area (Å²) >= 11 is 16.7. The topological polar surface area (TPSA) is 24.9 Å². The van der Waals surface area contributed by atoms with Gasteiger partial charge in [0.1, 0.15) is 9.34 Å². The highest BCUT2D eigenvalue weighted by molar-refractivity contribution is 9.10. The standard InChI is InChI=1S/C10H7BrCl2N2S/c11-6-1-2-8(7(12)3-6)14-5-10-15-4-9(13)16-10/h1-4,14H,5H2. The average molecular weight is 338 g/mol. The van der Waals surface area contributed by atoms with E-state index in [0.717, 1.165) is 15.2 Å². The molecule has 0 aliphatic heterocycles. The van der Waals surface area contributed by atoms with Crippen molar-refractivity contribution in [2.75, 3.05) is 5.32 Å². The van der Waals surface area contributed by atoms with E-state index in [2.05, 4.69) is 26.2 Å². The number of benzene rings is 1. The van der Waals surface area contributed by atoms with Gasteiger partial charge < -0.3 is 5.32 Å². The number of aromatic nitrogens is 1. The first-order chi connectivity index (χ1) is 7.65. The highest BCUT2D eigenvalue weighted by Crippen LogP contribution is 2.26. The van der Waals surface area contributed by atoms with Gasteiger partial charge in [0.05, 0.1) is 23.5 Å². The van der Waals surface area contributed by atoms with Gasteiger partial charge in [-0.1, -0.05) is 39.1 Å². The second kappa shape index (κ2) is 5.36. The van der Waals surface area contributed by atoms with E-state index >= 15 is 0 Å². The van der Waals surface area contributed by atoms with Crippen molar-refractivity contribution in [2.24, 2.45) is 0 Å². The normalized spacial score (nSPS) is 10.4. The van der Waals surface area contributed by atoms with Crippen LogP contribution in [0, 0.1) is 0 Å². The Labute approximate surface area is 116 Å². The van der Waals surface area contributed by atoms with E-state index in [-0.39, 0.29) is 0 Å². The molecule has 0 aliphatic carbocycles. The van der Waals surface area contributed by atoms with Gasteiger partial charge in [-0.05, 0) is 18.2 Å². The van der Waals surface area contributed by atoms with Crippen molar-refractivity contribution < 1.29 is 0 Å². The minimum Gasteiger partial charge on any atom is -0.377 e. The monoisotopic (exact) mass is 336 g/mol. The molecule has 0 aliphatic rings. The summed E-state index contributed by atoms with van der Waals surface area (Å²) in [6.07, 6.45) is 1.65. The molecule has 84 valence electrons. The van der Waals surface area contributed by atoms with Crippen LogP contribution in [0.5, 0.6) is 0 Å². The van der Waals surface area contributed by atoms with E-state index in [1.807, 2.05) is 18.2 Å². The molecular formula is C10H7BrCl2N2S. The van der Waals surface area contributed by atoms with Gasteiger partial charge in [-0.25, -0.2) is 4.98 Å². The molecule has 0 atom stereocenters. The van der Waals surface area contributed by atoms with E-state index in [9.17, 15) is 0 Å². The second-order valence-corrected chi connectivity index (χ2v) is 6.11. The first-order valence-corrected chi connectivity index (χ1v) is 6.81. The Kier molecular flexibility index (Phi) is 4.08. The minimum atomic E-state index is 0.624. The number of hydrogen-bond donors (Lipinski definition) is 1. The average Bonchev–Trinajstić information content (AvgIpc) is 2.63. The van der Waals surface area contributed by atoms with Gasteiger partial charge in [0.25, 0.3) is 0 Å². The molecule has 0 bridgehead atoms. The highest BCUT2D eigenvalue weighted by Gasteiger charge is 2.03. The van der Waals surface area contributed by atoms with Crippen LogP contribution in [0.3, 0.4) is 0 Å². The molecule has 0 spiro atoms. The molecule has 2 rings (SSSR count). The zero-order valence-corrected chi connectivity index (χ0v) is 11.9. The van der Waals surface area contributed by atoms with Crippen LogP contribution in [-0.2, 0) is 6.54 Å². The number of thiazole rings is 1. The maximum Gasteiger partial charge on any atom is 0.113 e. The van der Waals surface area contributed by atoms with Gasteiger partial charge >= 0.3 is 0 Å². The Morgan fingerprint density at radius 2 is 2.19 bits per heavy atom. The Hall–Kier alpha value is -0.290. The number of nitrogens with zero attached hydrogens (tertiary/aromatic N) is 1. The van der Waals surface area contributed by atoms with Crippen LogP contribution in [0.25, 0.3) is 0 Å². The van der Waals surface area contributed by atoms with Crippen LogP contribution >= 0.6 is 50.5 Å². The zero-order valence-electron chi connectivity index (χ0n) is 8.01. The molecule has 0 radical (unpaired) electrons. The molecule has 2 nitrogen and oxygen atoms in total. The van der Waals surface area contributed by atoms with Crippen molar-refractivity contribution in [3.63, 3.8) is 0 Å². The van der Waals surface area contributed by atoms with Gasteiger partial charge in [0.2, 0.25) is 0 Å². The number of rotatable bonds is 3. The van der Waals surface area contributed by atoms with Crippen LogP contribution in [0.1, 0.15) is 5.01 Å². The van der Waals surface area contributed by atoms with E-state index in [0.29, 0.717) is 15.9 Å². The SMILES string of the molecule is Clc1cnc(CNc2ccc(Br)cc2Cl)s1. The molecule has 16 heavy (non-hydrogen) atoms. The predicted molar refractivity (Wildman–Crippen MR) is 73.6 cm³/mol. The summed E-state index contributed by atoms with van der Waals surface area (Å²) in [6.45, 7) is 0.624. The molecule has 0 saturated heterocycles. The lowest BCUT2D eigenvalue weighted by atomic mass is 10.3. The zero-order chi connectivity index (χ0) is 11.5. The third kappa shape index (κ3) is 3.10. The van der Waals surface area contributed by atoms with Crippen molar-refractivity contribution in [1.29, 1.82) is 0 Å². The van der Waals surface area contributed by atoms with Crippen LogP contribution < -0.4 is 5.32 Å². The van der Waals surface area contributed by atoms with E-state index in [1.54, 1.807) is 6.20 Å². The summed E-state index contributed by atoms with van der Waals surface area (Å²) in [5, 5.41) is 4.82. The fourth-order valence-corrected chi connectivity index (χ4v) is 2.81. The summed E-state index contributed by atoms with van der Waals surface area (Å²) in [7, 11) is 0. The first kappa shape index (κ1) is 12.2. The quantitative estimate of drug-likeness (QED) is 0.868. The highest BCUT2D eigenvalue weighted by atomic mass is 79.9. The first-order valence-electron chi connectivity index (χ1n) is 4.44. The molecular weight excluding hydrogens is 331 g/mol. The van der Waals surface area contributed by atoms with Crippen molar-refractivity contribution in [2.45, 2.75) is 6.54 Å². The largest absolute Gasteiger partial charge is 0.377 e. The predicted octanol–water partition coefficient (Wildman–Crippen LogP) is 4.82. The van der Waals surface area contributed by atoms with Crippen LogP contribution in [0.4, 0.5) is 5.69 Å². The van der Waals surface area contributed by atoms with E-state index < -0.39 is 0 Å². The van der Waals surface area contributed by atoms with Crippen molar-refractivity contribution >= 4 is 56.2 Å². The second-order valence-electron chi connectivity index (χ2n) is 3.04. The molecule has 1 aromatic heterocycles. The molecule has 6 heteroatoms. The molecule has 0 amide bonds. The summed E-state index contributed by atoms with van der Waals surface area (Å²) < 4.78 is 1.65. The smallest absolute Gasteiger partial charge is 0.113 e. The van der Waals surface area contributed by atoms with Gasteiger partial charge in [-0.3, -0.25) is 0 Å². The molecule has 0 unspecified atom stereocenters. The molecule has 1 aromatic carbocycles. The summed E-state index contributed by atoms with van der Waals surface area (Å²) in [5.41, 5.74) is 0.885. The molecule has 0 saturated carbocycles. The van der Waals surface area contributed by atoms with Crippen molar-refractivity contribution in [1.82, 2.24) is 4.98 Å². The molecule has 1 N–H and O–H groups in total. The molecule has 0 fully saturated rings. The summed E-state index contributed by atoms with van der Waals surface area (Å²) in [5.74, 6) is 0. The van der Waals surface area contributed by atoms with Gasteiger partial charge in [-0.2, -0.15) is 0 Å². The number of nitrogens with one attached hydrogen (secondary N) is 1. The van der Waals surface area contributed by atoms with Crippen LogP contribution in [0.2, 0.25) is 9.36 Å². The Bertz CT molecular complexity index is 501. The lowest BCUT2D eigenvalue weighted by Gasteiger charge is -2.06. The fraction of sp³-hybridized carbons (Fsp3) is 0.100. The van der Waals surface area contributed by atoms with Gasteiger partial charge in [-0.15, -0.1) is 11.3 Å². The lowest BCUT2D eigenvalue weighted by Crippen LogP contribution is -1.99. The molecule has 2 aromatic rings. The fourth-order valence-electron chi connectivity index (χ4n) is 1.17. The van der Waals surface area contributed by atoms with E-state index in [1.165, 1.54) is 11.3 Å². The Morgan fingerprint density at radius 1 is 1.38 bits per heavy atom. The number of anilines is 1. The van der Waals surface area contributed by atoms with Gasteiger partial charge in [0, 0.05) is 4.47 Å². The lowest BCUT2D eigenvalue weighted by molar-refractivity contribution is 1.10. The van der Waals surface area contributed by atoms with Gasteiger partial charge in [0.15, 0.2) is 0 Å². The Morgan fingerprint density at radius 3 is 2.81 bits per heavy atom. The third-order valence-corrected chi connectivity index (χ3v) is 3.81. The van der Waals surface area contributed by atoms with Crippen molar-refractivity contribution in [3.8, 4) is 0 Å². The Balaban J connectivity index is 2.04. The maximum atomic E-state index is 6.07. The van der Waals surface area contributed by atoms with E-state index in [4.69, 9.17) is 23.2 Å².